The highest BCUT2D eigenvalue weighted by Gasteiger charge is 2.06. The Balaban J connectivity index is 2.52. The number of hydrogen-bond donors (Lipinski definition) is 0. The van der Waals surface area contributed by atoms with Crippen LogP contribution in [-0.4, -0.2) is 12.5 Å². The van der Waals surface area contributed by atoms with Crippen LogP contribution in [0.15, 0.2) is 24.3 Å². The predicted molar refractivity (Wildman–Crippen MR) is 82.8 cm³/mol. The summed E-state index contributed by atoms with van der Waals surface area (Å²) in [6, 6.07) is 7.91. The summed E-state index contributed by atoms with van der Waals surface area (Å²) < 4.78 is 5.88. The zero-order chi connectivity index (χ0) is 13.9. The van der Waals surface area contributed by atoms with Gasteiger partial charge in [0.15, 0.2) is 0 Å². The van der Waals surface area contributed by atoms with Crippen molar-refractivity contribution in [1.82, 2.24) is 0 Å². The molecule has 1 atom stereocenters. The second-order valence-corrected chi connectivity index (χ2v) is 4.96. The Hall–Kier alpha value is -1.13. The van der Waals surface area contributed by atoms with Gasteiger partial charge in [0.1, 0.15) is 5.75 Å². The van der Waals surface area contributed by atoms with Gasteiger partial charge in [0.2, 0.25) is 0 Å². The van der Waals surface area contributed by atoms with Crippen molar-refractivity contribution >= 4 is 11.6 Å². The molecular formula is C17H23ClO. The van der Waals surface area contributed by atoms with E-state index in [1.807, 2.05) is 24.3 Å². The molecule has 1 aromatic carbocycles. The van der Waals surface area contributed by atoms with Gasteiger partial charge in [-0.25, -0.2) is 0 Å². The van der Waals surface area contributed by atoms with Gasteiger partial charge in [0.05, 0.1) is 12.5 Å². The zero-order valence-corrected chi connectivity index (χ0v) is 12.7. The molecule has 0 amide bonds. The third-order valence-corrected chi connectivity index (χ3v) is 3.30. The molecule has 0 N–H and O–H groups in total. The van der Waals surface area contributed by atoms with Crippen molar-refractivity contribution in [2.45, 2.75) is 39.5 Å². The van der Waals surface area contributed by atoms with Crippen molar-refractivity contribution in [3.63, 3.8) is 0 Å². The highest BCUT2D eigenvalue weighted by molar-refractivity contribution is 6.19. The minimum absolute atomic E-state index is 0.361. The largest absolute Gasteiger partial charge is 0.493 e. The van der Waals surface area contributed by atoms with Gasteiger partial charge < -0.3 is 4.74 Å². The predicted octanol–water partition coefficient (Wildman–Crippen LogP) is 4.87. The van der Waals surface area contributed by atoms with E-state index >= 15 is 0 Å². The highest BCUT2D eigenvalue weighted by atomic mass is 35.5. The summed E-state index contributed by atoms with van der Waals surface area (Å²) in [5, 5.41) is 0. The molecule has 0 fully saturated rings. The summed E-state index contributed by atoms with van der Waals surface area (Å²) in [6.45, 7) is 5.25. The molecular weight excluding hydrogens is 256 g/mol. The van der Waals surface area contributed by atoms with E-state index in [2.05, 4.69) is 25.7 Å². The summed E-state index contributed by atoms with van der Waals surface area (Å²) in [6.07, 6.45) is 4.95. The standard InChI is InChI=1S/C17H23ClO/c1-3-5-8-15(4-2)14-19-17-11-6-9-16(13-17)10-7-12-18/h6,9,11,13,15H,3-5,8,12,14H2,1-2H3. The smallest absolute Gasteiger partial charge is 0.120 e. The van der Waals surface area contributed by atoms with Crippen LogP contribution in [0, 0.1) is 17.8 Å². The van der Waals surface area contributed by atoms with Crippen LogP contribution >= 0.6 is 11.6 Å². The Morgan fingerprint density at radius 2 is 2.16 bits per heavy atom. The van der Waals surface area contributed by atoms with Crippen molar-refractivity contribution in [3.05, 3.63) is 29.8 Å². The first-order chi connectivity index (χ1) is 9.30. The van der Waals surface area contributed by atoms with Gasteiger partial charge in [-0.05, 0) is 30.5 Å². The first-order valence-corrected chi connectivity index (χ1v) is 7.61. The average Bonchev–Trinajstić information content (AvgIpc) is 2.46. The number of hydrogen-bond acceptors (Lipinski definition) is 1. The van der Waals surface area contributed by atoms with Gasteiger partial charge in [-0.2, -0.15) is 0 Å². The molecule has 0 saturated heterocycles. The SMILES string of the molecule is CCCCC(CC)COc1cccc(C#CCCl)c1. The van der Waals surface area contributed by atoms with E-state index < -0.39 is 0 Å². The summed E-state index contributed by atoms with van der Waals surface area (Å²) in [5.74, 6) is 7.78. The van der Waals surface area contributed by atoms with E-state index in [-0.39, 0.29) is 0 Å². The number of benzene rings is 1. The van der Waals surface area contributed by atoms with Crippen molar-refractivity contribution in [2.24, 2.45) is 5.92 Å². The van der Waals surface area contributed by atoms with Crippen LogP contribution < -0.4 is 4.74 Å². The molecule has 1 unspecified atom stereocenters. The van der Waals surface area contributed by atoms with Crippen LogP contribution in [0.3, 0.4) is 0 Å². The summed E-state index contributed by atoms with van der Waals surface area (Å²) in [7, 11) is 0. The molecule has 0 bridgehead atoms. The Kier molecular flexibility index (Phi) is 8.18. The zero-order valence-electron chi connectivity index (χ0n) is 11.9. The second kappa shape index (κ2) is 9.75. The van der Waals surface area contributed by atoms with Crippen LogP contribution in [-0.2, 0) is 0 Å². The van der Waals surface area contributed by atoms with Crippen LogP contribution in [0.4, 0.5) is 0 Å². The third kappa shape index (κ3) is 6.55. The van der Waals surface area contributed by atoms with E-state index in [1.165, 1.54) is 25.7 Å². The molecule has 0 radical (unpaired) electrons. The molecule has 0 heterocycles. The van der Waals surface area contributed by atoms with E-state index in [9.17, 15) is 0 Å². The van der Waals surface area contributed by atoms with Crippen molar-refractivity contribution in [1.29, 1.82) is 0 Å². The van der Waals surface area contributed by atoms with E-state index in [0.29, 0.717) is 11.8 Å². The molecule has 2 heteroatoms. The normalized spacial score (nSPS) is 11.5. The summed E-state index contributed by atoms with van der Waals surface area (Å²) >= 11 is 5.56. The number of unbranched alkanes of at least 4 members (excludes halogenated alkanes) is 1. The molecule has 0 spiro atoms. The van der Waals surface area contributed by atoms with E-state index in [1.54, 1.807) is 0 Å². The third-order valence-electron chi connectivity index (χ3n) is 3.16. The highest BCUT2D eigenvalue weighted by Crippen LogP contribution is 2.17. The van der Waals surface area contributed by atoms with E-state index in [4.69, 9.17) is 16.3 Å². The van der Waals surface area contributed by atoms with Gasteiger partial charge in [-0.15, -0.1) is 11.6 Å². The van der Waals surface area contributed by atoms with Crippen LogP contribution in [0.1, 0.15) is 45.1 Å². The molecule has 0 saturated carbocycles. The quantitative estimate of drug-likeness (QED) is 0.511. The van der Waals surface area contributed by atoms with Gasteiger partial charge in [0.25, 0.3) is 0 Å². The minimum Gasteiger partial charge on any atom is -0.493 e. The van der Waals surface area contributed by atoms with Crippen molar-refractivity contribution in [3.8, 4) is 17.6 Å². The lowest BCUT2D eigenvalue weighted by Crippen LogP contribution is -2.11. The number of halogens is 1. The molecule has 0 aliphatic rings. The minimum atomic E-state index is 0.361. The average molecular weight is 279 g/mol. The van der Waals surface area contributed by atoms with Gasteiger partial charge in [-0.3, -0.25) is 0 Å². The lowest BCUT2D eigenvalue weighted by molar-refractivity contribution is 0.233. The van der Waals surface area contributed by atoms with Crippen molar-refractivity contribution in [2.75, 3.05) is 12.5 Å². The fourth-order valence-corrected chi connectivity index (χ4v) is 1.98. The Bertz CT molecular complexity index is 417. The summed E-state index contributed by atoms with van der Waals surface area (Å²) in [4.78, 5) is 0. The van der Waals surface area contributed by atoms with Gasteiger partial charge >= 0.3 is 0 Å². The van der Waals surface area contributed by atoms with Crippen LogP contribution in [0.25, 0.3) is 0 Å². The maximum atomic E-state index is 5.88. The molecule has 0 aliphatic carbocycles. The van der Waals surface area contributed by atoms with Crippen LogP contribution in [0.2, 0.25) is 0 Å². The maximum absolute atomic E-state index is 5.88. The summed E-state index contributed by atoms with van der Waals surface area (Å²) in [5.41, 5.74) is 0.958. The number of alkyl halides is 1. The molecule has 19 heavy (non-hydrogen) atoms. The number of rotatable bonds is 7. The lowest BCUT2D eigenvalue weighted by atomic mass is 10.0. The maximum Gasteiger partial charge on any atom is 0.120 e. The van der Waals surface area contributed by atoms with Crippen LogP contribution in [0.5, 0.6) is 5.75 Å². The molecule has 104 valence electrons. The fraction of sp³-hybridized carbons (Fsp3) is 0.529. The lowest BCUT2D eigenvalue weighted by Gasteiger charge is -2.15. The molecule has 0 aromatic heterocycles. The number of ether oxygens (including phenoxy) is 1. The molecule has 0 aliphatic heterocycles. The van der Waals surface area contributed by atoms with Gasteiger partial charge in [0, 0.05) is 5.56 Å². The Morgan fingerprint density at radius 1 is 1.32 bits per heavy atom. The molecule has 1 rings (SSSR count). The van der Waals surface area contributed by atoms with Crippen molar-refractivity contribution < 1.29 is 4.74 Å². The second-order valence-electron chi connectivity index (χ2n) is 4.69. The first kappa shape index (κ1) is 15.9. The monoisotopic (exact) mass is 278 g/mol. The molecule has 1 aromatic rings. The van der Waals surface area contributed by atoms with Gasteiger partial charge in [-0.1, -0.05) is 51.0 Å². The topological polar surface area (TPSA) is 9.23 Å². The van der Waals surface area contributed by atoms with E-state index in [0.717, 1.165) is 17.9 Å². The first-order valence-electron chi connectivity index (χ1n) is 7.07. The molecule has 1 nitrogen and oxygen atoms in total. The fourth-order valence-electron chi connectivity index (χ4n) is 1.91. The Labute approximate surface area is 122 Å². The Morgan fingerprint density at radius 3 is 2.84 bits per heavy atom.